The quantitative estimate of drug-likeness (QED) is 0.858. The van der Waals surface area contributed by atoms with Crippen molar-refractivity contribution in [1.29, 1.82) is 0 Å². The molecule has 0 heterocycles. The van der Waals surface area contributed by atoms with Crippen LogP contribution < -0.4 is 5.32 Å². The minimum atomic E-state index is -4.30. The van der Waals surface area contributed by atoms with E-state index in [2.05, 4.69) is 24.2 Å². The molecular formula is C16H23F3N2. The molecule has 0 spiro atoms. The molecule has 0 bridgehead atoms. The van der Waals surface area contributed by atoms with E-state index >= 15 is 0 Å². The lowest BCUT2D eigenvalue weighted by Gasteiger charge is -2.27. The Morgan fingerprint density at radius 2 is 1.86 bits per heavy atom. The highest BCUT2D eigenvalue weighted by molar-refractivity contribution is 5.32. The average Bonchev–Trinajstić information content (AvgIpc) is 3.27. The number of benzene rings is 1. The predicted molar refractivity (Wildman–Crippen MR) is 78.1 cm³/mol. The average molecular weight is 300 g/mol. The van der Waals surface area contributed by atoms with E-state index in [4.69, 9.17) is 0 Å². The van der Waals surface area contributed by atoms with Gasteiger partial charge in [-0.1, -0.05) is 18.2 Å². The topological polar surface area (TPSA) is 15.3 Å². The van der Waals surface area contributed by atoms with Crippen LogP contribution in [0.25, 0.3) is 0 Å². The Morgan fingerprint density at radius 3 is 2.43 bits per heavy atom. The van der Waals surface area contributed by atoms with Crippen molar-refractivity contribution in [3.63, 3.8) is 0 Å². The molecule has 1 N–H and O–H groups in total. The van der Waals surface area contributed by atoms with Crippen LogP contribution in [0.3, 0.4) is 0 Å². The molecule has 5 heteroatoms. The fourth-order valence-electron chi connectivity index (χ4n) is 2.58. The summed E-state index contributed by atoms with van der Waals surface area (Å²) >= 11 is 0. The van der Waals surface area contributed by atoms with Crippen molar-refractivity contribution >= 4 is 0 Å². The lowest BCUT2D eigenvalue weighted by molar-refractivity contribution is -0.138. The van der Waals surface area contributed by atoms with Crippen molar-refractivity contribution in [2.75, 3.05) is 13.6 Å². The monoisotopic (exact) mass is 300 g/mol. The summed E-state index contributed by atoms with van der Waals surface area (Å²) in [7, 11) is 2.08. The summed E-state index contributed by atoms with van der Waals surface area (Å²) in [4.78, 5) is 2.30. The molecule has 21 heavy (non-hydrogen) atoms. The molecule has 1 aromatic carbocycles. The first kappa shape index (κ1) is 16.3. The number of halogens is 3. The lowest BCUT2D eigenvalue weighted by atomic mass is 10.0. The van der Waals surface area contributed by atoms with Gasteiger partial charge in [-0.2, -0.15) is 13.2 Å². The SMILES string of the molecule is CC(NCC(C)N(C)C1CC1)c1ccccc1C(F)(F)F. The van der Waals surface area contributed by atoms with Crippen molar-refractivity contribution in [3.05, 3.63) is 35.4 Å². The summed E-state index contributed by atoms with van der Waals surface area (Å²) in [5.74, 6) is 0. The second kappa shape index (κ2) is 6.36. The van der Waals surface area contributed by atoms with Crippen molar-refractivity contribution in [2.24, 2.45) is 0 Å². The van der Waals surface area contributed by atoms with E-state index in [-0.39, 0.29) is 6.04 Å². The van der Waals surface area contributed by atoms with Gasteiger partial charge in [0.1, 0.15) is 0 Å². The molecule has 1 fully saturated rings. The zero-order valence-corrected chi connectivity index (χ0v) is 12.7. The fourth-order valence-corrected chi connectivity index (χ4v) is 2.58. The van der Waals surface area contributed by atoms with Gasteiger partial charge in [-0.25, -0.2) is 0 Å². The molecule has 1 aromatic rings. The first-order valence-electron chi connectivity index (χ1n) is 7.42. The minimum Gasteiger partial charge on any atom is -0.309 e. The summed E-state index contributed by atoms with van der Waals surface area (Å²) in [5, 5.41) is 3.23. The zero-order chi connectivity index (χ0) is 15.6. The van der Waals surface area contributed by atoms with Crippen molar-refractivity contribution in [2.45, 2.75) is 51.0 Å². The molecule has 0 saturated heterocycles. The summed E-state index contributed by atoms with van der Waals surface area (Å²) in [5.41, 5.74) is -0.237. The summed E-state index contributed by atoms with van der Waals surface area (Å²) < 4.78 is 39.0. The molecule has 1 saturated carbocycles. The number of nitrogens with one attached hydrogen (secondary N) is 1. The van der Waals surface area contributed by atoms with Crippen LogP contribution in [0.1, 0.15) is 43.9 Å². The van der Waals surface area contributed by atoms with Crippen LogP contribution in [0, 0.1) is 0 Å². The van der Waals surface area contributed by atoms with Gasteiger partial charge < -0.3 is 5.32 Å². The Morgan fingerprint density at radius 1 is 1.24 bits per heavy atom. The van der Waals surface area contributed by atoms with Crippen LogP contribution in [-0.2, 0) is 6.18 Å². The van der Waals surface area contributed by atoms with Gasteiger partial charge >= 0.3 is 6.18 Å². The van der Waals surface area contributed by atoms with Gasteiger partial charge in [0.25, 0.3) is 0 Å². The molecule has 2 nitrogen and oxygen atoms in total. The number of alkyl halides is 3. The molecule has 2 atom stereocenters. The van der Waals surface area contributed by atoms with Gasteiger partial charge in [0.15, 0.2) is 0 Å². The van der Waals surface area contributed by atoms with E-state index in [1.165, 1.54) is 18.9 Å². The number of hydrogen-bond acceptors (Lipinski definition) is 2. The number of hydrogen-bond donors (Lipinski definition) is 1. The Kier molecular flexibility index (Phi) is 4.94. The third kappa shape index (κ3) is 4.20. The number of nitrogens with zero attached hydrogens (tertiary/aromatic N) is 1. The van der Waals surface area contributed by atoms with Crippen LogP contribution in [0.15, 0.2) is 24.3 Å². The minimum absolute atomic E-state index is 0.311. The van der Waals surface area contributed by atoms with Gasteiger partial charge in [0.2, 0.25) is 0 Å². The molecule has 1 aliphatic carbocycles. The molecule has 1 aliphatic rings. The number of rotatable bonds is 6. The fraction of sp³-hybridized carbons (Fsp3) is 0.625. The second-order valence-electron chi connectivity index (χ2n) is 5.96. The Bertz CT molecular complexity index is 469. The highest BCUT2D eigenvalue weighted by Gasteiger charge is 2.34. The van der Waals surface area contributed by atoms with Gasteiger partial charge in [-0.05, 0) is 45.4 Å². The Labute approximate surface area is 124 Å². The van der Waals surface area contributed by atoms with Gasteiger partial charge in [0, 0.05) is 24.7 Å². The van der Waals surface area contributed by atoms with Crippen LogP contribution in [0.4, 0.5) is 13.2 Å². The molecule has 0 aromatic heterocycles. The smallest absolute Gasteiger partial charge is 0.309 e. The largest absolute Gasteiger partial charge is 0.416 e. The highest BCUT2D eigenvalue weighted by Crippen LogP contribution is 2.34. The standard InChI is InChI=1S/C16H23F3N2/c1-11(21(3)13-8-9-13)10-20-12(2)14-6-4-5-7-15(14)16(17,18)19/h4-7,11-13,20H,8-10H2,1-3H3. The van der Waals surface area contributed by atoms with E-state index in [0.717, 1.165) is 6.07 Å². The molecule has 0 radical (unpaired) electrons. The Hall–Kier alpha value is -1.07. The van der Waals surface area contributed by atoms with E-state index in [1.807, 2.05) is 0 Å². The Balaban J connectivity index is 1.98. The zero-order valence-electron chi connectivity index (χ0n) is 12.7. The van der Waals surface area contributed by atoms with Crippen LogP contribution in [-0.4, -0.2) is 30.6 Å². The molecule has 118 valence electrons. The molecular weight excluding hydrogens is 277 g/mol. The van der Waals surface area contributed by atoms with Crippen molar-refractivity contribution < 1.29 is 13.2 Å². The molecule has 0 amide bonds. The third-order valence-electron chi connectivity index (χ3n) is 4.27. The van der Waals surface area contributed by atoms with E-state index in [1.54, 1.807) is 19.1 Å². The predicted octanol–water partition coefficient (Wildman–Crippen LogP) is 3.84. The van der Waals surface area contributed by atoms with Crippen molar-refractivity contribution in [1.82, 2.24) is 10.2 Å². The van der Waals surface area contributed by atoms with Crippen LogP contribution >= 0.6 is 0 Å². The highest BCUT2D eigenvalue weighted by atomic mass is 19.4. The van der Waals surface area contributed by atoms with Gasteiger partial charge in [0.05, 0.1) is 5.56 Å². The first-order chi connectivity index (χ1) is 9.80. The van der Waals surface area contributed by atoms with E-state index in [9.17, 15) is 13.2 Å². The number of likely N-dealkylation sites (N-methyl/N-ethyl adjacent to an activating group) is 1. The summed E-state index contributed by atoms with van der Waals surface area (Å²) in [6.45, 7) is 4.57. The van der Waals surface area contributed by atoms with Crippen molar-refractivity contribution in [3.8, 4) is 0 Å². The summed E-state index contributed by atoms with van der Waals surface area (Å²) in [6.07, 6.45) is -1.84. The van der Waals surface area contributed by atoms with Gasteiger partial charge in [-0.3, -0.25) is 4.90 Å². The second-order valence-corrected chi connectivity index (χ2v) is 5.96. The maximum absolute atomic E-state index is 13.0. The normalized spacial score (nSPS) is 18.8. The first-order valence-corrected chi connectivity index (χ1v) is 7.42. The van der Waals surface area contributed by atoms with Gasteiger partial charge in [-0.15, -0.1) is 0 Å². The lowest BCUT2D eigenvalue weighted by Crippen LogP contribution is -2.40. The van der Waals surface area contributed by atoms with E-state index < -0.39 is 11.7 Å². The maximum Gasteiger partial charge on any atom is 0.416 e. The molecule has 2 rings (SSSR count). The molecule has 0 aliphatic heterocycles. The van der Waals surface area contributed by atoms with E-state index in [0.29, 0.717) is 24.2 Å². The van der Waals surface area contributed by atoms with Crippen LogP contribution in [0.2, 0.25) is 0 Å². The third-order valence-corrected chi connectivity index (χ3v) is 4.27. The van der Waals surface area contributed by atoms with Crippen LogP contribution in [0.5, 0.6) is 0 Å². The summed E-state index contributed by atoms with van der Waals surface area (Å²) in [6, 6.07) is 6.43. The molecule has 2 unspecified atom stereocenters. The maximum atomic E-state index is 13.0.